The Kier molecular flexibility index (Phi) is 45.5. The maximum Gasteiger partial charge on any atom is 0.128 e. The SMILES string of the molecule is COc1cc(OCCCCCCCCCCCCOCCCCCCCCCCCCCCCCCCCCCCOCCCCCCCCCCCCOc2ccc(CO)c(OC)c2)ccc1CO. The van der Waals surface area contributed by atoms with Crippen molar-refractivity contribution in [1.29, 1.82) is 0 Å². The van der Waals surface area contributed by atoms with E-state index >= 15 is 0 Å². The van der Waals surface area contributed by atoms with Gasteiger partial charge in [0.05, 0.1) is 40.6 Å². The van der Waals surface area contributed by atoms with Crippen LogP contribution < -0.4 is 18.9 Å². The second kappa shape index (κ2) is 50.0. The molecule has 0 aliphatic carbocycles. The molecular weight excluding hydrogens is 873 g/mol. The van der Waals surface area contributed by atoms with E-state index in [1.54, 1.807) is 14.2 Å². The Labute approximate surface area is 431 Å². The lowest BCUT2D eigenvalue weighted by Crippen LogP contribution is -1.99. The van der Waals surface area contributed by atoms with Gasteiger partial charge in [0.1, 0.15) is 23.0 Å². The van der Waals surface area contributed by atoms with Gasteiger partial charge in [-0.05, 0) is 62.8 Å². The summed E-state index contributed by atoms with van der Waals surface area (Å²) in [7, 11) is 3.25. The molecule has 0 fully saturated rings. The Morgan fingerprint density at radius 2 is 0.471 bits per heavy atom. The Balaban J connectivity index is 1.13. The van der Waals surface area contributed by atoms with Crippen LogP contribution in [0.25, 0.3) is 0 Å². The van der Waals surface area contributed by atoms with Gasteiger partial charge in [-0.25, -0.2) is 0 Å². The molecule has 0 radical (unpaired) electrons. The molecule has 0 saturated heterocycles. The number of ether oxygens (including phenoxy) is 6. The molecule has 70 heavy (non-hydrogen) atoms. The highest BCUT2D eigenvalue weighted by molar-refractivity contribution is 5.41. The molecule has 0 aliphatic rings. The van der Waals surface area contributed by atoms with Gasteiger partial charge in [-0.15, -0.1) is 0 Å². The van der Waals surface area contributed by atoms with E-state index in [9.17, 15) is 10.2 Å². The molecule has 0 aliphatic heterocycles. The van der Waals surface area contributed by atoms with Crippen LogP contribution in [0.1, 0.15) is 268 Å². The average Bonchev–Trinajstić information content (AvgIpc) is 3.38. The fourth-order valence-corrected chi connectivity index (χ4v) is 9.51. The van der Waals surface area contributed by atoms with Gasteiger partial charge >= 0.3 is 0 Å². The van der Waals surface area contributed by atoms with E-state index in [2.05, 4.69) is 0 Å². The van der Waals surface area contributed by atoms with Gasteiger partial charge in [0, 0.05) is 49.7 Å². The molecule has 0 heterocycles. The topological polar surface area (TPSA) is 95.8 Å². The summed E-state index contributed by atoms with van der Waals surface area (Å²) in [6.07, 6.45) is 53.8. The van der Waals surface area contributed by atoms with Gasteiger partial charge in [0.15, 0.2) is 0 Å². The number of methoxy groups -OCH3 is 2. The van der Waals surface area contributed by atoms with Crippen LogP contribution in [0.15, 0.2) is 36.4 Å². The van der Waals surface area contributed by atoms with Gasteiger partial charge in [-0.3, -0.25) is 0 Å². The summed E-state index contributed by atoms with van der Waals surface area (Å²) < 4.78 is 34.2. The van der Waals surface area contributed by atoms with E-state index in [-0.39, 0.29) is 13.2 Å². The van der Waals surface area contributed by atoms with Crippen molar-refractivity contribution in [3.63, 3.8) is 0 Å². The lowest BCUT2D eigenvalue weighted by molar-refractivity contribution is 0.125. The van der Waals surface area contributed by atoms with Crippen molar-refractivity contribution in [3.8, 4) is 23.0 Å². The lowest BCUT2D eigenvalue weighted by atomic mass is 10.0. The number of hydrogen-bond donors (Lipinski definition) is 2. The number of aliphatic hydroxyl groups excluding tert-OH is 2. The van der Waals surface area contributed by atoms with E-state index in [1.807, 2.05) is 36.4 Å². The Hall–Kier alpha value is -2.52. The van der Waals surface area contributed by atoms with Gasteiger partial charge in [-0.2, -0.15) is 0 Å². The minimum Gasteiger partial charge on any atom is -0.496 e. The highest BCUT2D eigenvalue weighted by Crippen LogP contribution is 2.26. The molecular formula is C62H110O8. The first kappa shape index (κ1) is 63.6. The molecule has 0 atom stereocenters. The van der Waals surface area contributed by atoms with E-state index in [0.29, 0.717) is 11.5 Å². The predicted octanol–water partition coefficient (Wildman–Crippen LogP) is 17.8. The van der Waals surface area contributed by atoms with Crippen molar-refractivity contribution in [2.45, 2.75) is 270 Å². The molecule has 406 valence electrons. The molecule has 2 aromatic carbocycles. The second-order valence-electron chi connectivity index (χ2n) is 20.3. The van der Waals surface area contributed by atoms with Crippen LogP contribution in [0.3, 0.4) is 0 Å². The van der Waals surface area contributed by atoms with Gasteiger partial charge in [0.25, 0.3) is 0 Å². The molecule has 0 spiro atoms. The molecule has 0 aromatic heterocycles. The summed E-state index contributed by atoms with van der Waals surface area (Å²) in [5.74, 6) is 3.00. The maximum absolute atomic E-state index is 9.35. The van der Waals surface area contributed by atoms with Crippen LogP contribution in [0.5, 0.6) is 23.0 Å². The van der Waals surface area contributed by atoms with Crippen molar-refractivity contribution in [2.75, 3.05) is 53.9 Å². The molecule has 0 unspecified atom stereocenters. The van der Waals surface area contributed by atoms with Crippen molar-refractivity contribution in [3.05, 3.63) is 47.5 Å². The zero-order chi connectivity index (χ0) is 49.9. The molecule has 0 bridgehead atoms. The first-order valence-corrected chi connectivity index (χ1v) is 29.7. The minimum atomic E-state index is -0.0203. The molecule has 0 amide bonds. The van der Waals surface area contributed by atoms with Crippen LogP contribution in [-0.2, 0) is 22.7 Å². The first-order chi connectivity index (χ1) is 34.7. The normalized spacial score (nSPS) is 11.4. The molecule has 2 N–H and O–H groups in total. The largest absolute Gasteiger partial charge is 0.496 e. The van der Waals surface area contributed by atoms with Crippen molar-refractivity contribution in [1.82, 2.24) is 0 Å². The zero-order valence-corrected chi connectivity index (χ0v) is 45.7. The Morgan fingerprint density at radius 1 is 0.271 bits per heavy atom. The van der Waals surface area contributed by atoms with Crippen LogP contribution >= 0.6 is 0 Å². The highest BCUT2D eigenvalue weighted by Gasteiger charge is 2.06. The summed E-state index contributed by atoms with van der Waals surface area (Å²) in [6.45, 7) is 5.24. The summed E-state index contributed by atoms with van der Waals surface area (Å²) in [5.41, 5.74) is 1.58. The Bertz CT molecular complexity index is 1280. The summed E-state index contributed by atoms with van der Waals surface area (Å²) in [6, 6.07) is 11.3. The van der Waals surface area contributed by atoms with Crippen molar-refractivity contribution < 1.29 is 38.6 Å². The third-order valence-electron chi connectivity index (χ3n) is 14.1. The summed E-state index contributed by atoms with van der Waals surface area (Å²) in [5, 5.41) is 18.7. The van der Waals surface area contributed by atoms with Crippen LogP contribution in [0, 0.1) is 0 Å². The van der Waals surface area contributed by atoms with Gasteiger partial charge in [0.2, 0.25) is 0 Å². The number of aliphatic hydroxyl groups is 2. The van der Waals surface area contributed by atoms with Crippen molar-refractivity contribution in [2.24, 2.45) is 0 Å². The zero-order valence-electron chi connectivity index (χ0n) is 45.7. The van der Waals surface area contributed by atoms with Crippen LogP contribution in [0.2, 0.25) is 0 Å². The second-order valence-corrected chi connectivity index (χ2v) is 20.3. The Morgan fingerprint density at radius 3 is 0.671 bits per heavy atom. The molecule has 0 saturated carbocycles. The van der Waals surface area contributed by atoms with E-state index in [0.717, 1.165) is 75.1 Å². The molecule has 2 rings (SSSR count). The fraction of sp³-hybridized carbons (Fsp3) is 0.806. The monoisotopic (exact) mass is 983 g/mol. The third-order valence-corrected chi connectivity index (χ3v) is 14.1. The quantitative estimate of drug-likeness (QED) is 0.0633. The average molecular weight is 984 g/mol. The molecule has 8 nitrogen and oxygen atoms in total. The smallest absolute Gasteiger partial charge is 0.128 e. The summed E-state index contributed by atoms with van der Waals surface area (Å²) in [4.78, 5) is 0. The van der Waals surface area contributed by atoms with Gasteiger partial charge < -0.3 is 38.6 Å². The van der Waals surface area contributed by atoms with E-state index in [4.69, 9.17) is 28.4 Å². The number of hydrogen-bond acceptors (Lipinski definition) is 8. The first-order valence-electron chi connectivity index (χ1n) is 29.7. The predicted molar refractivity (Wildman–Crippen MR) is 295 cm³/mol. The lowest BCUT2D eigenvalue weighted by Gasteiger charge is -2.10. The third kappa shape index (κ3) is 38.1. The minimum absolute atomic E-state index is 0.0203. The summed E-state index contributed by atoms with van der Waals surface area (Å²) >= 11 is 0. The number of unbranched alkanes of at least 4 members (excludes halogenated alkanes) is 37. The van der Waals surface area contributed by atoms with Crippen LogP contribution in [0.4, 0.5) is 0 Å². The van der Waals surface area contributed by atoms with Crippen molar-refractivity contribution >= 4 is 0 Å². The van der Waals surface area contributed by atoms with Crippen LogP contribution in [-0.4, -0.2) is 64.1 Å². The fourth-order valence-electron chi connectivity index (χ4n) is 9.51. The van der Waals surface area contributed by atoms with E-state index in [1.165, 1.54) is 244 Å². The molecule has 2 aromatic rings. The maximum atomic E-state index is 9.35. The van der Waals surface area contributed by atoms with Gasteiger partial charge in [-0.1, -0.05) is 218 Å². The number of rotatable bonds is 55. The molecule has 8 heteroatoms. The van der Waals surface area contributed by atoms with E-state index < -0.39 is 0 Å². The number of benzene rings is 2. The highest BCUT2D eigenvalue weighted by atomic mass is 16.5. The standard InChI is InChI=1S/C62H110O8/c1-65-61-53-59(45-43-57(61)55-63)69-51-41-35-29-23-17-15-21-27-33-39-49-67-47-37-31-25-19-13-11-9-7-5-3-4-6-8-10-12-14-20-26-32-38-48-68-50-40-34-28-22-16-18-24-30-36-42-52-70-60-46-44-58(56-64)62(54-60)66-2/h43-46,53-54,63-64H,3-42,47-52,55-56H2,1-2H3.